The van der Waals surface area contributed by atoms with Crippen molar-refractivity contribution in [1.82, 2.24) is 0 Å². The number of rotatable bonds is 12. The molecule has 0 saturated carbocycles. The van der Waals surface area contributed by atoms with Gasteiger partial charge in [-0.05, 0) is 82.7 Å². The minimum absolute atomic E-state index is 0. The van der Waals surface area contributed by atoms with Crippen molar-refractivity contribution in [2.24, 2.45) is 5.41 Å². The van der Waals surface area contributed by atoms with E-state index in [2.05, 4.69) is 75.5 Å². The molecule has 0 heteroatoms. The monoisotopic (exact) mass is 432 g/mol. The molecule has 3 rings (SSSR count). The molecule has 0 aliphatic heterocycles. The lowest BCUT2D eigenvalue weighted by molar-refractivity contribution is 0.193. The first kappa shape index (κ1) is 28.0. The first-order valence-corrected chi connectivity index (χ1v) is 12.7. The normalized spacial score (nSPS) is 12.6. The number of hydrogen-bond acceptors (Lipinski definition) is 0. The Bertz CT molecular complexity index is 975. The smallest absolute Gasteiger partial charge is 0.00329 e. The van der Waals surface area contributed by atoms with Crippen LogP contribution in [0.2, 0.25) is 0 Å². The molecule has 1 unspecified atom stereocenters. The van der Waals surface area contributed by atoms with Crippen LogP contribution in [-0.2, 0) is 6.42 Å². The molecule has 1 atom stereocenters. The van der Waals surface area contributed by atoms with Gasteiger partial charge in [-0.1, -0.05) is 110 Å². The summed E-state index contributed by atoms with van der Waals surface area (Å²) < 4.78 is 0. The van der Waals surface area contributed by atoms with E-state index in [0.29, 0.717) is 5.41 Å². The van der Waals surface area contributed by atoms with Gasteiger partial charge in [0.25, 0.3) is 0 Å². The lowest BCUT2D eigenvalue weighted by Gasteiger charge is -2.33. The Hall–Kier alpha value is -2.08. The van der Waals surface area contributed by atoms with Crippen LogP contribution in [0.1, 0.15) is 98.5 Å². The van der Waals surface area contributed by atoms with Gasteiger partial charge in [0.1, 0.15) is 0 Å². The van der Waals surface area contributed by atoms with Crippen molar-refractivity contribution in [2.45, 2.75) is 99.3 Å². The van der Waals surface area contributed by atoms with Crippen LogP contribution in [0.5, 0.6) is 0 Å². The Balaban J connectivity index is 0.00000166. The molecule has 0 aliphatic carbocycles. The molecule has 0 fully saturated rings. The highest BCUT2D eigenvalue weighted by Gasteiger charge is 2.26. The third kappa shape index (κ3) is 6.71. The van der Waals surface area contributed by atoms with Gasteiger partial charge < -0.3 is 0 Å². The molecule has 0 aromatic heterocycles. The lowest BCUT2D eigenvalue weighted by Crippen LogP contribution is -2.21. The van der Waals surface area contributed by atoms with E-state index in [1.54, 1.807) is 0 Å². The highest BCUT2D eigenvalue weighted by Crippen LogP contribution is 2.39. The largest absolute Gasteiger partial charge is 0.103 e. The van der Waals surface area contributed by atoms with E-state index in [0.717, 1.165) is 12.8 Å². The van der Waals surface area contributed by atoms with Gasteiger partial charge in [0, 0.05) is 0 Å². The maximum absolute atomic E-state index is 4.49. The molecule has 0 aliphatic rings. The molecule has 0 saturated heterocycles. The highest BCUT2D eigenvalue weighted by molar-refractivity contribution is 6.10. The van der Waals surface area contributed by atoms with Crippen LogP contribution in [0.4, 0.5) is 0 Å². The van der Waals surface area contributed by atoms with Crippen molar-refractivity contribution < 1.29 is 0 Å². The average Bonchev–Trinajstić information content (AvgIpc) is 2.81. The molecule has 3 aromatic carbocycles. The van der Waals surface area contributed by atoms with Gasteiger partial charge in [-0.3, -0.25) is 0 Å². The highest BCUT2D eigenvalue weighted by atomic mass is 14.3. The number of hydrogen-bond donors (Lipinski definition) is 0. The Morgan fingerprint density at radius 3 is 2.16 bits per heavy atom. The second kappa shape index (κ2) is 14.1. The first-order chi connectivity index (χ1) is 15.1. The third-order valence-electron chi connectivity index (χ3n) is 7.06. The summed E-state index contributed by atoms with van der Waals surface area (Å²) in [5, 5.41) is 6.62. The fourth-order valence-electron chi connectivity index (χ4n) is 5.14. The van der Waals surface area contributed by atoms with Crippen molar-refractivity contribution >= 4 is 28.1 Å². The topological polar surface area (TPSA) is 0 Å². The summed E-state index contributed by atoms with van der Waals surface area (Å²) in [5.41, 5.74) is 1.94. The summed E-state index contributed by atoms with van der Waals surface area (Å²) in [7, 11) is 0. The summed E-state index contributed by atoms with van der Waals surface area (Å²) in [6, 6.07) is 15.7. The fourth-order valence-corrected chi connectivity index (χ4v) is 5.14. The zero-order valence-corrected chi connectivity index (χ0v) is 20.6. The number of allylic oxidation sites excluding steroid dienone is 1. The lowest BCUT2D eigenvalue weighted by atomic mass is 9.72. The molecule has 3 aromatic rings. The zero-order chi connectivity index (χ0) is 22.7. The summed E-state index contributed by atoms with van der Waals surface area (Å²) in [4.78, 5) is 0. The molecule has 0 spiro atoms. The number of unbranched alkanes of at least 4 members (excludes halogenated alkanes) is 2. The van der Waals surface area contributed by atoms with Crippen LogP contribution in [0.25, 0.3) is 28.1 Å². The molecule has 0 N–H and O–H groups in total. The summed E-state index contributed by atoms with van der Waals surface area (Å²) in [5.74, 6) is 0. The molecular weight excluding hydrogens is 384 g/mol. The predicted octanol–water partition coefficient (Wildman–Crippen LogP) is 10.1. The molecule has 0 nitrogen and oxygen atoms in total. The van der Waals surface area contributed by atoms with Crippen molar-refractivity contribution in [3.05, 3.63) is 65.9 Å². The Kier molecular flexibility index (Phi) is 12.4. The Morgan fingerprint density at radius 2 is 1.50 bits per heavy atom. The van der Waals surface area contributed by atoms with Gasteiger partial charge in [-0.2, -0.15) is 0 Å². The predicted molar refractivity (Wildman–Crippen MR) is 150 cm³/mol. The van der Waals surface area contributed by atoms with Crippen molar-refractivity contribution in [3.8, 4) is 0 Å². The van der Waals surface area contributed by atoms with Gasteiger partial charge >= 0.3 is 0 Å². The maximum atomic E-state index is 4.49. The number of benzene rings is 3. The molecule has 0 heterocycles. The van der Waals surface area contributed by atoms with E-state index in [4.69, 9.17) is 0 Å². The van der Waals surface area contributed by atoms with Crippen LogP contribution in [-0.4, -0.2) is 0 Å². The quantitative estimate of drug-likeness (QED) is 0.197. The molecule has 0 radical (unpaired) electrons. The van der Waals surface area contributed by atoms with Crippen molar-refractivity contribution in [2.75, 3.05) is 0 Å². The van der Waals surface area contributed by atoms with Gasteiger partial charge in [0.15, 0.2) is 0 Å². The standard InChI is InChI=1S/C29H38.C2H6.CH4/c1-5-8-10-20-29(7-3,19-9-6-2)21-13-17-25-22-26-16-11-14-24-15-12-18-27(23(25)4)28(24)26;1-2;/h5,11-12,14-16,18,22H,1,4,6-10,13,17,19-21H2,2-3H3;1-2H3;1H4. The van der Waals surface area contributed by atoms with Crippen LogP contribution in [0.3, 0.4) is 0 Å². The summed E-state index contributed by atoms with van der Waals surface area (Å²) in [6.45, 7) is 17.1. The third-order valence-corrected chi connectivity index (χ3v) is 7.06. The van der Waals surface area contributed by atoms with Gasteiger partial charge in [-0.15, -0.1) is 6.58 Å². The van der Waals surface area contributed by atoms with E-state index in [-0.39, 0.29) is 7.43 Å². The average molecular weight is 433 g/mol. The second-order valence-corrected chi connectivity index (χ2v) is 8.89. The first-order valence-electron chi connectivity index (χ1n) is 12.7. The SMILES string of the molecule is C.C=CCCCC(CC)(CCCC)CCCc1cc2cccc3cccc(c1=C)c32.CC. The van der Waals surface area contributed by atoms with E-state index in [1.807, 2.05) is 13.8 Å². The van der Waals surface area contributed by atoms with E-state index in [9.17, 15) is 0 Å². The second-order valence-electron chi connectivity index (χ2n) is 8.89. The molecule has 32 heavy (non-hydrogen) atoms. The minimum Gasteiger partial charge on any atom is -0.103 e. The van der Waals surface area contributed by atoms with Crippen molar-refractivity contribution in [1.29, 1.82) is 0 Å². The molecule has 176 valence electrons. The van der Waals surface area contributed by atoms with Gasteiger partial charge in [-0.25, -0.2) is 0 Å². The number of aryl methyl sites for hydroxylation is 1. The molecule has 0 amide bonds. The summed E-state index contributed by atoms with van der Waals surface area (Å²) >= 11 is 0. The summed E-state index contributed by atoms with van der Waals surface area (Å²) in [6.07, 6.45) is 14.9. The molecular formula is C32H48. The minimum atomic E-state index is 0. The van der Waals surface area contributed by atoms with Gasteiger partial charge in [0.2, 0.25) is 0 Å². The van der Waals surface area contributed by atoms with Crippen LogP contribution >= 0.6 is 0 Å². The Labute approximate surface area is 198 Å². The Morgan fingerprint density at radius 1 is 0.875 bits per heavy atom. The molecule has 0 bridgehead atoms. The van der Waals surface area contributed by atoms with E-state index in [1.165, 1.54) is 83.7 Å². The zero-order valence-electron chi connectivity index (χ0n) is 20.6. The van der Waals surface area contributed by atoms with Gasteiger partial charge in [0.05, 0.1) is 0 Å². The maximum Gasteiger partial charge on any atom is -0.00329 e. The fraction of sp³-hybridized carbons (Fsp3) is 0.500. The van der Waals surface area contributed by atoms with E-state index < -0.39 is 0 Å². The van der Waals surface area contributed by atoms with Crippen LogP contribution in [0.15, 0.2) is 55.1 Å². The van der Waals surface area contributed by atoms with Crippen LogP contribution < -0.4 is 5.22 Å². The van der Waals surface area contributed by atoms with Crippen LogP contribution in [0, 0.1) is 5.41 Å². The van der Waals surface area contributed by atoms with Crippen molar-refractivity contribution in [3.63, 3.8) is 0 Å². The van der Waals surface area contributed by atoms with E-state index >= 15 is 0 Å².